The van der Waals surface area contributed by atoms with Crippen LogP contribution in [0.3, 0.4) is 0 Å². The van der Waals surface area contributed by atoms with Gasteiger partial charge in [-0.15, -0.1) is 11.3 Å². The summed E-state index contributed by atoms with van der Waals surface area (Å²) in [6.45, 7) is 2.26. The highest BCUT2D eigenvalue weighted by Gasteiger charge is 2.09. The lowest BCUT2D eigenvalue weighted by Gasteiger charge is -2.04. The number of carbonyl (C=O) groups excluding carboxylic acids is 1. The first kappa shape index (κ1) is 15.0. The lowest BCUT2D eigenvalue weighted by Crippen LogP contribution is -2.24. The second-order valence-electron chi connectivity index (χ2n) is 4.44. The Kier molecular flexibility index (Phi) is 5.11. The fourth-order valence-corrected chi connectivity index (χ4v) is 2.85. The van der Waals surface area contributed by atoms with Crippen molar-refractivity contribution >= 4 is 34.0 Å². The van der Waals surface area contributed by atoms with E-state index in [4.69, 9.17) is 11.6 Å². The summed E-state index contributed by atoms with van der Waals surface area (Å²) < 4.78 is 0. The number of amides is 1. The topological polar surface area (TPSA) is 54.0 Å². The number of likely N-dealkylation sites (N-methyl/N-ethyl adjacent to an activating group) is 1. The predicted octanol–water partition coefficient (Wildman–Crippen LogP) is 2.85. The molecule has 0 spiro atoms. The van der Waals surface area contributed by atoms with E-state index >= 15 is 0 Å². The van der Waals surface area contributed by atoms with E-state index in [0.717, 1.165) is 27.4 Å². The molecule has 1 aromatic carbocycles. The number of nitrogens with zero attached hydrogens (tertiary/aromatic N) is 1. The maximum Gasteiger partial charge on any atom is 0.240 e. The predicted molar refractivity (Wildman–Crippen MR) is 83.7 cm³/mol. The Morgan fingerprint density at radius 3 is 3.00 bits per heavy atom. The summed E-state index contributed by atoms with van der Waals surface area (Å²) in [7, 11) is 1.73. The van der Waals surface area contributed by atoms with Gasteiger partial charge in [-0.25, -0.2) is 4.98 Å². The van der Waals surface area contributed by atoms with Crippen LogP contribution in [0, 0.1) is 6.92 Å². The molecule has 1 aromatic heterocycles. The zero-order valence-electron chi connectivity index (χ0n) is 11.4. The van der Waals surface area contributed by atoms with Crippen molar-refractivity contribution in [1.82, 2.24) is 10.3 Å². The Labute approximate surface area is 127 Å². The van der Waals surface area contributed by atoms with E-state index in [9.17, 15) is 4.79 Å². The van der Waals surface area contributed by atoms with Gasteiger partial charge >= 0.3 is 0 Å². The molecule has 0 aliphatic rings. The van der Waals surface area contributed by atoms with Crippen LogP contribution in [0.2, 0.25) is 5.02 Å². The van der Waals surface area contributed by atoms with Crippen LogP contribution in [0.25, 0.3) is 0 Å². The molecule has 0 saturated heterocycles. The van der Waals surface area contributed by atoms with Crippen molar-refractivity contribution in [3.8, 4) is 0 Å². The number of rotatable bonds is 5. The van der Waals surface area contributed by atoms with Crippen LogP contribution in [0.5, 0.6) is 0 Å². The second kappa shape index (κ2) is 6.83. The summed E-state index contributed by atoms with van der Waals surface area (Å²) in [4.78, 5) is 16.7. The summed E-state index contributed by atoms with van der Waals surface area (Å²) in [5.41, 5.74) is 2.14. The Hall–Kier alpha value is -1.43. The molecule has 2 aromatic rings. The first-order valence-corrected chi connectivity index (χ1v) is 7.42. The van der Waals surface area contributed by atoms with Crippen LogP contribution in [0.4, 0.5) is 5.13 Å². The summed E-state index contributed by atoms with van der Waals surface area (Å²) in [5.74, 6) is -0.0954. The van der Waals surface area contributed by atoms with Crippen LogP contribution >= 0.6 is 22.9 Å². The molecule has 4 nitrogen and oxygen atoms in total. The van der Waals surface area contributed by atoms with Gasteiger partial charge in [-0.05, 0) is 25.1 Å². The van der Waals surface area contributed by atoms with Crippen LogP contribution in [0.15, 0.2) is 24.4 Å². The first-order chi connectivity index (χ1) is 9.60. The van der Waals surface area contributed by atoms with Gasteiger partial charge in [0.05, 0.1) is 6.54 Å². The van der Waals surface area contributed by atoms with Crippen molar-refractivity contribution in [1.29, 1.82) is 0 Å². The average molecular weight is 310 g/mol. The van der Waals surface area contributed by atoms with Crippen LogP contribution < -0.4 is 10.6 Å². The summed E-state index contributed by atoms with van der Waals surface area (Å²) in [6.07, 6.45) is 2.50. The smallest absolute Gasteiger partial charge is 0.240 e. The minimum atomic E-state index is -0.0954. The van der Waals surface area contributed by atoms with Gasteiger partial charge in [0.2, 0.25) is 5.91 Å². The SMILES string of the molecule is CNCC(=O)Nc1ncc(Cc2cccc(C)c2Cl)s1. The number of hydrogen-bond acceptors (Lipinski definition) is 4. The van der Waals surface area contributed by atoms with Gasteiger partial charge < -0.3 is 10.6 Å². The normalized spacial score (nSPS) is 10.6. The van der Waals surface area contributed by atoms with Crippen molar-refractivity contribution in [3.05, 3.63) is 45.4 Å². The first-order valence-electron chi connectivity index (χ1n) is 6.23. The standard InChI is InChI=1S/C14H16ClN3OS/c1-9-4-3-5-10(13(9)15)6-11-7-17-14(20-11)18-12(19)8-16-2/h3-5,7,16H,6,8H2,1-2H3,(H,17,18,19). The van der Waals surface area contributed by atoms with Crippen molar-refractivity contribution in [2.75, 3.05) is 18.9 Å². The molecule has 2 rings (SSSR count). The van der Waals surface area contributed by atoms with Gasteiger partial charge in [0.25, 0.3) is 0 Å². The molecule has 2 N–H and O–H groups in total. The highest BCUT2D eigenvalue weighted by atomic mass is 35.5. The Morgan fingerprint density at radius 1 is 1.45 bits per heavy atom. The third-order valence-corrected chi connectivity index (χ3v) is 4.23. The van der Waals surface area contributed by atoms with Gasteiger partial charge in [-0.1, -0.05) is 29.8 Å². The van der Waals surface area contributed by atoms with E-state index in [1.54, 1.807) is 13.2 Å². The molecule has 0 bridgehead atoms. The van der Waals surface area contributed by atoms with Crippen molar-refractivity contribution in [3.63, 3.8) is 0 Å². The largest absolute Gasteiger partial charge is 0.311 e. The lowest BCUT2D eigenvalue weighted by molar-refractivity contribution is -0.115. The zero-order chi connectivity index (χ0) is 14.5. The molecule has 1 heterocycles. The van der Waals surface area contributed by atoms with E-state index in [1.807, 2.05) is 25.1 Å². The van der Waals surface area contributed by atoms with Crippen molar-refractivity contribution in [2.45, 2.75) is 13.3 Å². The number of hydrogen-bond donors (Lipinski definition) is 2. The molecule has 0 aliphatic carbocycles. The maximum absolute atomic E-state index is 11.5. The van der Waals surface area contributed by atoms with E-state index in [0.29, 0.717) is 5.13 Å². The van der Waals surface area contributed by atoms with E-state index in [2.05, 4.69) is 15.6 Å². The number of aryl methyl sites for hydroxylation is 1. The highest BCUT2D eigenvalue weighted by molar-refractivity contribution is 7.15. The third kappa shape index (κ3) is 3.79. The molecule has 0 atom stereocenters. The van der Waals surface area contributed by atoms with Gasteiger partial charge in [-0.3, -0.25) is 4.79 Å². The van der Waals surface area contributed by atoms with Gasteiger partial charge in [0.15, 0.2) is 5.13 Å². The third-order valence-electron chi connectivity index (χ3n) is 2.77. The molecule has 0 radical (unpaired) electrons. The molecule has 1 amide bonds. The number of thiazole rings is 1. The van der Waals surface area contributed by atoms with Crippen molar-refractivity contribution in [2.24, 2.45) is 0 Å². The number of halogens is 1. The van der Waals surface area contributed by atoms with E-state index in [-0.39, 0.29) is 12.5 Å². The fraction of sp³-hybridized carbons (Fsp3) is 0.286. The summed E-state index contributed by atoms with van der Waals surface area (Å²) in [6, 6.07) is 5.99. The quantitative estimate of drug-likeness (QED) is 0.893. The molecule has 106 valence electrons. The lowest BCUT2D eigenvalue weighted by atomic mass is 10.1. The number of benzene rings is 1. The zero-order valence-corrected chi connectivity index (χ0v) is 12.9. The second-order valence-corrected chi connectivity index (χ2v) is 5.93. The molecule has 0 aliphatic heterocycles. The monoisotopic (exact) mass is 309 g/mol. The van der Waals surface area contributed by atoms with Crippen LogP contribution in [0.1, 0.15) is 16.0 Å². The Morgan fingerprint density at radius 2 is 2.25 bits per heavy atom. The van der Waals surface area contributed by atoms with Crippen LogP contribution in [-0.4, -0.2) is 24.5 Å². The number of aromatic nitrogens is 1. The Bertz CT molecular complexity index is 612. The summed E-state index contributed by atoms with van der Waals surface area (Å²) in [5, 5.41) is 6.95. The minimum absolute atomic E-state index is 0.0954. The average Bonchev–Trinajstić information content (AvgIpc) is 2.82. The highest BCUT2D eigenvalue weighted by Crippen LogP contribution is 2.26. The van der Waals surface area contributed by atoms with Gasteiger partial charge in [0, 0.05) is 22.5 Å². The number of carbonyl (C=O) groups is 1. The minimum Gasteiger partial charge on any atom is -0.311 e. The van der Waals surface area contributed by atoms with Crippen LogP contribution in [-0.2, 0) is 11.2 Å². The number of anilines is 1. The molecule has 6 heteroatoms. The Balaban J connectivity index is 2.06. The van der Waals surface area contributed by atoms with E-state index in [1.165, 1.54) is 11.3 Å². The molecular weight excluding hydrogens is 294 g/mol. The summed E-state index contributed by atoms with van der Waals surface area (Å²) >= 11 is 7.75. The number of nitrogens with one attached hydrogen (secondary N) is 2. The molecule has 0 saturated carbocycles. The van der Waals surface area contributed by atoms with Gasteiger partial charge in [0.1, 0.15) is 0 Å². The fourth-order valence-electron chi connectivity index (χ4n) is 1.80. The molecule has 20 heavy (non-hydrogen) atoms. The van der Waals surface area contributed by atoms with Gasteiger partial charge in [-0.2, -0.15) is 0 Å². The van der Waals surface area contributed by atoms with Crippen molar-refractivity contribution < 1.29 is 4.79 Å². The molecular formula is C14H16ClN3OS. The molecule has 0 fully saturated rings. The maximum atomic E-state index is 11.5. The molecule has 0 unspecified atom stereocenters. The van der Waals surface area contributed by atoms with E-state index < -0.39 is 0 Å².